The zero-order chi connectivity index (χ0) is 39.0. The van der Waals surface area contributed by atoms with Gasteiger partial charge in [0.05, 0.1) is 18.3 Å². The second-order valence-electron chi connectivity index (χ2n) is 15.4. The molecular formula is C46H60O9. The Kier molecular flexibility index (Phi) is 16.8. The highest BCUT2D eigenvalue weighted by molar-refractivity contribution is 5.70. The summed E-state index contributed by atoms with van der Waals surface area (Å²) in [4.78, 5) is 23.9. The number of hydrogen-bond acceptors (Lipinski definition) is 9. The van der Waals surface area contributed by atoms with Crippen LogP contribution in [0.2, 0.25) is 0 Å². The molecule has 0 saturated heterocycles. The van der Waals surface area contributed by atoms with Crippen LogP contribution in [0.25, 0.3) is 0 Å². The summed E-state index contributed by atoms with van der Waals surface area (Å²) in [5, 5.41) is 41.6. The first kappa shape index (κ1) is 42.1. The van der Waals surface area contributed by atoms with Crippen LogP contribution < -0.4 is 4.74 Å². The van der Waals surface area contributed by atoms with Crippen molar-refractivity contribution in [1.82, 2.24) is 0 Å². The van der Waals surface area contributed by atoms with Crippen molar-refractivity contribution in [3.63, 3.8) is 0 Å². The third kappa shape index (κ3) is 13.6. The van der Waals surface area contributed by atoms with E-state index in [0.29, 0.717) is 32.1 Å². The van der Waals surface area contributed by atoms with E-state index in [9.17, 15) is 30.0 Å². The Morgan fingerprint density at radius 1 is 0.745 bits per heavy atom. The summed E-state index contributed by atoms with van der Waals surface area (Å²) >= 11 is 0. The van der Waals surface area contributed by atoms with Gasteiger partial charge in [-0.2, -0.15) is 0 Å². The van der Waals surface area contributed by atoms with Crippen LogP contribution in [0.4, 0.5) is 0 Å². The van der Waals surface area contributed by atoms with Crippen molar-refractivity contribution in [2.24, 2.45) is 23.7 Å². The van der Waals surface area contributed by atoms with E-state index < -0.39 is 24.4 Å². The monoisotopic (exact) mass is 756 g/mol. The van der Waals surface area contributed by atoms with Gasteiger partial charge in [-0.3, -0.25) is 9.59 Å². The quantitative estimate of drug-likeness (QED) is 0.150. The molecule has 2 saturated carbocycles. The Morgan fingerprint density at radius 3 is 1.87 bits per heavy atom. The van der Waals surface area contributed by atoms with E-state index in [2.05, 4.69) is 36.4 Å². The van der Waals surface area contributed by atoms with Gasteiger partial charge in [0.15, 0.2) is 0 Å². The fourth-order valence-corrected chi connectivity index (χ4v) is 8.07. The lowest BCUT2D eigenvalue weighted by Crippen LogP contribution is -2.25. The molecule has 6 rings (SSSR count). The number of esters is 2. The summed E-state index contributed by atoms with van der Waals surface area (Å²) in [6.07, 6.45) is 20.9. The lowest BCUT2D eigenvalue weighted by Gasteiger charge is -2.23. The van der Waals surface area contributed by atoms with E-state index in [1.165, 1.54) is 5.56 Å². The molecule has 2 aliphatic carbocycles. The van der Waals surface area contributed by atoms with Crippen molar-refractivity contribution >= 4 is 11.9 Å². The number of fused-ring (bicyclic) bond motifs is 2. The summed E-state index contributed by atoms with van der Waals surface area (Å²) in [5.41, 5.74) is 2.30. The van der Waals surface area contributed by atoms with Crippen molar-refractivity contribution in [2.45, 2.75) is 121 Å². The highest BCUT2D eigenvalue weighted by Crippen LogP contribution is 2.40. The van der Waals surface area contributed by atoms with Crippen LogP contribution in [0, 0.1) is 30.6 Å². The second kappa shape index (κ2) is 21.9. The zero-order valence-corrected chi connectivity index (χ0v) is 32.1. The number of carbonyl (C=O) groups excluding carboxylic acids is 2. The molecule has 4 N–H and O–H groups in total. The van der Waals surface area contributed by atoms with Crippen molar-refractivity contribution < 1.29 is 44.2 Å². The first-order valence-corrected chi connectivity index (χ1v) is 20.2. The first-order chi connectivity index (χ1) is 26.7. The topological polar surface area (TPSA) is 143 Å². The minimum absolute atomic E-state index is 0.0226. The van der Waals surface area contributed by atoms with E-state index in [1.54, 1.807) is 12.2 Å². The molecule has 4 aliphatic rings. The first-order valence-electron chi connectivity index (χ1n) is 20.2. The fraction of sp³-hybridized carbons (Fsp3) is 0.522. The summed E-state index contributed by atoms with van der Waals surface area (Å²) < 4.78 is 16.9. The number of aliphatic hydroxyl groups excluding tert-OH is 4. The average molecular weight is 757 g/mol. The number of aryl methyl sites for hydroxylation is 2. The van der Waals surface area contributed by atoms with Crippen molar-refractivity contribution in [3.8, 4) is 5.75 Å². The molecule has 9 heteroatoms. The molecule has 2 aromatic rings. The van der Waals surface area contributed by atoms with Gasteiger partial charge in [0.25, 0.3) is 0 Å². The molecule has 0 spiro atoms. The number of allylic oxidation sites excluding steroid dienone is 4. The summed E-state index contributed by atoms with van der Waals surface area (Å²) in [5.74, 6) is 0.200. The molecule has 0 unspecified atom stereocenters. The molecule has 9 nitrogen and oxygen atoms in total. The maximum atomic E-state index is 12.0. The van der Waals surface area contributed by atoms with Crippen molar-refractivity contribution in [2.75, 3.05) is 6.61 Å². The van der Waals surface area contributed by atoms with Crippen LogP contribution in [0.5, 0.6) is 5.75 Å². The summed E-state index contributed by atoms with van der Waals surface area (Å²) in [6.45, 7) is 2.13. The largest absolute Gasteiger partial charge is 0.491 e. The number of rotatable bonds is 10. The SMILES string of the molecule is Cc1cccc(OC[C@H](O)/C=C/[C@@H]2[C@H]3C/C=C\CCCC(=O)O[C@H]3C[C@H]2O)c1.O=C1CCC/C=C\C[C@@H]2[C@@H](C=C[C@@H](O)CCc3ccccc3)[C@H](O)C[C@@H]2O1. The number of carbonyl (C=O) groups is 2. The highest BCUT2D eigenvalue weighted by atomic mass is 16.5. The summed E-state index contributed by atoms with van der Waals surface area (Å²) in [6, 6.07) is 17.8. The van der Waals surface area contributed by atoms with E-state index in [0.717, 1.165) is 56.3 Å². The smallest absolute Gasteiger partial charge is 0.306 e. The van der Waals surface area contributed by atoms with E-state index >= 15 is 0 Å². The maximum absolute atomic E-state index is 12.0. The molecule has 0 bridgehead atoms. The highest BCUT2D eigenvalue weighted by Gasteiger charge is 2.44. The molecule has 55 heavy (non-hydrogen) atoms. The van der Waals surface area contributed by atoms with Gasteiger partial charge in [-0.25, -0.2) is 0 Å². The average Bonchev–Trinajstić information content (AvgIpc) is 3.63. The minimum Gasteiger partial charge on any atom is -0.491 e. The predicted octanol–water partition coefficient (Wildman–Crippen LogP) is 6.91. The molecule has 2 fully saturated rings. The van der Waals surface area contributed by atoms with Gasteiger partial charge in [-0.05, 0) is 81.5 Å². The molecule has 2 heterocycles. The molecule has 2 aromatic carbocycles. The van der Waals surface area contributed by atoms with Crippen LogP contribution >= 0.6 is 0 Å². The summed E-state index contributed by atoms with van der Waals surface area (Å²) in [7, 11) is 0. The lowest BCUT2D eigenvalue weighted by molar-refractivity contribution is -0.152. The molecule has 0 aromatic heterocycles. The van der Waals surface area contributed by atoms with Gasteiger partial charge >= 0.3 is 11.9 Å². The lowest BCUT2D eigenvalue weighted by atomic mass is 9.89. The number of benzene rings is 2. The van der Waals surface area contributed by atoms with Crippen molar-refractivity contribution in [3.05, 3.63) is 114 Å². The number of ether oxygens (including phenoxy) is 3. The Balaban J connectivity index is 0.000000211. The Morgan fingerprint density at radius 2 is 1.31 bits per heavy atom. The van der Waals surface area contributed by atoms with Gasteiger partial charge < -0.3 is 34.6 Å². The van der Waals surface area contributed by atoms with Gasteiger partial charge in [-0.15, -0.1) is 0 Å². The normalized spacial score (nSPS) is 30.9. The standard InChI is InChI=1S/C23H30O5.C23H30O4/c1-16-7-6-8-18(13-16)27-15-17(24)11-12-19-20-9-4-2-3-5-10-23(26)28-22(20)14-21(19)25;24-18(13-12-17-8-4-3-5-9-17)14-15-19-20-10-6-1-2-7-11-23(26)27-22(20)16-21(19)25/h2,4,6-8,11-13,17,19-22,24-25H,3,5,9-10,14-15H2,1H3;1,3-6,8-9,14-15,18-22,24-25H,2,7,10-13,16H2/b4-2-,12-11+;6-1-,15-14?/t17-,19-,20-,21-,22+;18-,19+,20+,21+,22-/m10/s1. The van der Waals surface area contributed by atoms with E-state index in [1.807, 2.05) is 61.5 Å². The van der Waals surface area contributed by atoms with Crippen molar-refractivity contribution in [1.29, 1.82) is 0 Å². The molecule has 10 atom stereocenters. The van der Waals surface area contributed by atoms with Crippen LogP contribution in [-0.2, 0) is 25.5 Å². The van der Waals surface area contributed by atoms with E-state index in [4.69, 9.17) is 14.2 Å². The van der Waals surface area contributed by atoms with Gasteiger partial charge in [-0.1, -0.05) is 91.1 Å². The van der Waals surface area contributed by atoms with Crippen LogP contribution in [0.3, 0.4) is 0 Å². The Bertz CT molecular complexity index is 1600. The van der Waals surface area contributed by atoms with Gasteiger partial charge in [0, 0.05) is 49.4 Å². The van der Waals surface area contributed by atoms with Gasteiger partial charge in [0.1, 0.15) is 30.7 Å². The predicted molar refractivity (Wildman–Crippen MR) is 212 cm³/mol. The third-order valence-electron chi connectivity index (χ3n) is 11.1. The molecule has 0 amide bonds. The number of aliphatic hydroxyl groups is 4. The van der Waals surface area contributed by atoms with E-state index in [-0.39, 0.29) is 54.4 Å². The second-order valence-corrected chi connectivity index (χ2v) is 15.4. The molecular weight excluding hydrogens is 696 g/mol. The number of hydrogen-bond donors (Lipinski definition) is 4. The van der Waals surface area contributed by atoms with Gasteiger partial charge in [0.2, 0.25) is 0 Å². The Labute approximate surface area is 326 Å². The van der Waals surface area contributed by atoms with Crippen LogP contribution in [-0.4, -0.2) is 75.6 Å². The third-order valence-corrected chi connectivity index (χ3v) is 11.1. The minimum atomic E-state index is -0.774. The molecule has 2 aliphatic heterocycles. The molecule has 298 valence electrons. The van der Waals surface area contributed by atoms with Crippen LogP contribution in [0.1, 0.15) is 81.8 Å². The van der Waals surface area contributed by atoms with Crippen LogP contribution in [0.15, 0.2) is 103 Å². The molecule has 0 radical (unpaired) electrons. The maximum Gasteiger partial charge on any atom is 0.306 e. The Hall–Kier alpha value is -4.02. The zero-order valence-electron chi connectivity index (χ0n) is 32.1. The fourth-order valence-electron chi connectivity index (χ4n) is 8.07.